The molecule has 1 aliphatic rings. The summed E-state index contributed by atoms with van der Waals surface area (Å²) in [6.45, 7) is 2.21. The minimum absolute atomic E-state index is 0.239. The molecular weight excluding hydrogens is 394 g/mol. The molecule has 4 nitrogen and oxygen atoms in total. The van der Waals surface area contributed by atoms with Gasteiger partial charge < -0.3 is 10.0 Å². The van der Waals surface area contributed by atoms with Gasteiger partial charge in [-0.05, 0) is 42.8 Å². The molecule has 0 radical (unpaired) electrons. The average Bonchev–Trinajstić information content (AvgIpc) is 3.20. The average molecular weight is 412 g/mol. The first-order valence-corrected chi connectivity index (χ1v) is 10.1. The summed E-state index contributed by atoms with van der Waals surface area (Å²) in [7, 11) is 0. The highest BCUT2D eigenvalue weighted by molar-refractivity contribution is 7.14. The number of rotatable bonds is 5. The van der Waals surface area contributed by atoms with E-state index in [1.54, 1.807) is 36.4 Å². The molecule has 0 unspecified atom stereocenters. The standard InChI is InChI=1S/C22H18ClNO3S/c1-14-6-11-20(28-14)19(25)12-22(27)17-4-2-3-5-18(17)24(21(22)26)13-15-7-9-16(23)10-8-15/h2-11,27H,12-13H2,1H3/t22-/m1/s1. The van der Waals surface area contributed by atoms with Gasteiger partial charge in [0.15, 0.2) is 11.4 Å². The molecule has 1 atom stereocenters. The van der Waals surface area contributed by atoms with Gasteiger partial charge in [0.1, 0.15) is 0 Å². The van der Waals surface area contributed by atoms with Crippen LogP contribution in [0.4, 0.5) is 5.69 Å². The van der Waals surface area contributed by atoms with Gasteiger partial charge in [-0.3, -0.25) is 9.59 Å². The van der Waals surface area contributed by atoms with Crippen molar-refractivity contribution in [1.29, 1.82) is 0 Å². The number of halogens is 1. The van der Waals surface area contributed by atoms with Gasteiger partial charge in [0.25, 0.3) is 5.91 Å². The molecule has 2 heterocycles. The minimum atomic E-state index is -1.86. The number of ketones is 1. The first kappa shape index (κ1) is 18.9. The van der Waals surface area contributed by atoms with Gasteiger partial charge in [-0.25, -0.2) is 0 Å². The van der Waals surface area contributed by atoms with Gasteiger partial charge in [-0.2, -0.15) is 0 Å². The minimum Gasteiger partial charge on any atom is -0.375 e. The molecule has 0 spiro atoms. The van der Waals surface area contributed by atoms with Crippen LogP contribution in [0.25, 0.3) is 0 Å². The smallest absolute Gasteiger partial charge is 0.264 e. The Kier molecular flexibility index (Phi) is 4.83. The lowest BCUT2D eigenvalue weighted by atomic mass is 9.89. The monoisotopic (exact) mass is 411 g/mol. The van der Waals surface area contributed by atoms with Gasteiger partial charge in [-0.15, -0.1) is 11.3 Å². The van der Waals surface area contributed by atoms with Crippen molar-refractivity contribution >= 4 is 40.3 Å². The molecular formula is C22H18ClNO3S. The number of anilines is 1. The summed E-state index contributed by atoms with van der Waals surface area (Å²) >= 11 is 7.31. The third-order valence-corrected chi connectivity index (χ3v) is 6.22. The number of Topliss-reactive ketones (excluding diaryl/α,β-unsaturated/α-hetero) is 1. The summed E-state index contributed by atoms with van der Waals surface area (Å²) in [5, 5.41) is 11.9. The number of benzene rings is 2. The lowest BCUT2D eigenvalue weighted by molar-refractivity contribution is -0.136. The van der Waals surface area contributed by atoms with Gasteiger partial charge >= 0.3 is 0 Å². The van der Waals surface area contributed by atoms with E-state index in [0.29, 0.717) is 27.7 Å². The first-order chi connectivity index (χ1) is 13.4. The fourth-order valence-electron chi connectivity index (χ4n) is 3.51. The van der Waals surface area contributed by atoms with E-state index in [2.05, 4.69) is 0 Å². The van der Waals surface area contributed by atoms with Crippen molar-refractivity contribution in [3.63, 3.8) is 0 Å². The lowest BCUT2D eigenvalue weighted by Gasteiger charge is -2.22. The highest BCUT2D eigenvalue weighted by Gasteiger charge is 2.50. The maximum absolute atomic E-state index is 13.2. The van der Waals surface area contributed by atoms with Crippen LogP contribution in [0.15, 0.2) is 60.7 Å². The van der Waals surface area contributed by atoms with Crippen molar-refractivity contribution in [2.24, 2.45) is 0 Å². The number of fused-ring (bicyclic) bond motifs is 1. The zero-order valence-corrected chi connectivity index (χ0v) is 16.8. The number of amides is 1. The van der Waals surface area contributed by atoms with E-state index < -0.39 is 11.5 Å². The van der Waals surface area contributed by atoms with E-state index in [1.807, 2.05) is 31.2 Å². The Morgan fingerprint density at radius 3 is 2.50 bits per heavy atom. The van der Waals surface area contributed by atoms with E-state index in [-0.39, 0.29) is 12.2 Å². The highest BCUT2D eigenvalue weighted by Crippen LogP contribution is 2.43. The maximum Gasteiger partial charge on any atom is 0.264 e. The van der Waals surface area contributed by atoms with E-state index in [0.717, 1.165) is 10.4 Å². The molecule has 3 aromatic rings. The second-order valence-electron chi connectivity index (χ2n) is 6.91. The number of para-hydroxylation sites is 1. The van der Waals surface area contributed by atoms with E-state index in [1.165, 1.54) is 16.2 Å². The molecule has 0 bridgehead atoms. The second kappa shape index (κ2) is 7.17. The van der Waals surface area contributed by atoms with Gasteiger partial charge in [0.05, 0.1) is 23.5 Å². The van der Waals surface area contributed by atoms with Crippen molar-refractivity contribution in [2.75, 3.05) is 4.90 Å². The zero-order valence-electron chi connectivity index (χ0n) is 15.2. The lowest BCUT2D eigenvalue weighted by Crippen LogP contribution is -2.41. The van der Waals surface area contributed by atoms with Gasteiger partial charge in [0, 0.05) is 15.5 Å². The summed E-state index contributed by atoms with van der Waals surface area (Å²) in [4.78, 5) is 29.1. The Hall–Kier alpha value is -2.47. The fraction of sp³-hybridized carbons (Fsp3) is 0.182. The van der Waals surface area contributed by atoms with Crippen LogP contribution >= 0.6 is 22.9 Å². The molecule has 0 saturated carbocycles. The van der Waals surface area contributed by atoms with Crippen molar-refractivity contribution in [1.82, 2.24) is 0 Å². The van der Waals surface area contributed by atoms with Crippen molar-refractivity contribution in [3.8, 4) is 0 Å². The second-order valence-corrected chi connectivity index (χ2v) is 8.63. The molecule has 4 rings (SSSR count). The van der Waals surface area contributed by atoms with Crippen LogP contribution in [0, 0.1) is 6.92 Å². The van der Waals surface area contributed by atoms with E-state index >= 15 is 0 Å². The van der Waals surface area contributed by atoms with Crippen LogP contribution in [0.1, 0.15) is 32.1 Å². The third kappa shape index (κ3) is 3.26. The summed E-state index contributed by atoms with van der Waals surface area (Å²) in [5.74, 6) is -0.720. The number of hydrogen-bond acceptors (Lipinski definition) is 4. The maximum atomic E-state index is 13.2. The largest absolute Gasteiger partial charge is 0.375 e. The van der Waals surface area contributed by atoms with Crippen LogP contribution in [0.2, 0.25) is 5.02 Å². The van der Waals surface area contributed by atoms with Crippen molar-refractivity contribution in [2.45, 2.75) is 25.5 Å². The molecule has 1 aliphatic heterocycles. The van der Waals surface area contributed by atoms with Gasteiger partial charge in [-0.1, -0.05) is 41.9 Å². The van der Waals surface area contributed by atoms with Gasteiger partial charge in [0.2, 0.25) is 0 Å². The first-order valence-electron chi connectivity index (χ1n) is 8.86. The number of carbonyl (C=O) groups excluding carboxylic acids is 2. The normalized spacial score (nSPS) is 18.4. The molecule has 1 N–H and O–H groups in total. The molecule has 2 aromatic carbocycles. The number of carbonyl (C=O) groups is 2. The number of thiophene rings is 1. The number of aryl methyl sites for hydroxylation is 1. The summed E-state index contributed by atoms with van der Waals surface area (Å²) < 4.78 is 0. The van der Waals surface area contributed by atoms with Crippen LogP contribution in [0.3, 0.4) is 0 Å². The molecule has 1 amide bonds. The Labute approximate surface area is 172 Å². The van der Waals surface area contributed by atoms with E-state index in [4.69, 9.17) is 11.6 Å². The summed E-state index contributed by atoms with van der Waals surface area (Å²) in [6.07, 6.45) is -0.278. The number of hydrogen-bond donors (Lipinski definition) is 1. The van der Waals surface area contributed by atoms with Crippen molar-refractivity contribution in [3.05, 3.63) is 86.6 Å². The van der Waals surface area contributed by atoms with Crippen LogP contribution < -0.4 is 4.90 Å². The Morgan fingerprint density at radius 1 is 1.11 bits per heavy atom. The number of nitrogens with zero attached hydrogens (tertiary/aromatic N) is 1. The molecule has 28 heavy (non-hydrogen) atoms. The zero-order chi connectivity index (χ0) is 19.9. The van der Waals surface area contributed by atoms with Crippen molar-refractivity contribution < 1.29 is 14.7 Å². The fourth-order valence-corrected chi connectivity index (χ4v) is 4.44. The molecule has 142 valence electrons. The third-order valence-electron chi connectivity index (χ3n) is 4.92. The van der Waals surface area contributed by atoms with Crippen LogP contribution in [0.5, 0.6) is 0 Å². The predicted molar refractivity (Wildman–Crippen MR) is 111 cm³/mol. The topological polar surface area (TPSA) is 57.6 Å². The SMILES string of the molecule is Cc1ccc(C(=O)C[C@]2(O)C(=O)N(Cc3ccc(Cl)cc3)c3ccccc32)s1. The molecule has 0 saturated heterocycles. The summed E-state index contributed by atoms with van der Waals surface area (Å²) in [6, 6.07) is 17.9. The van der Waals surface area contributed by atoms with E-state index in [9.17, 15) is 14.7 Å². The molecule has 0 aliphatic carbocycles. The van der Waals surface area contributed by atoms with Crippen LogP contribution in [-0.2, 0) is 16.9 Å². The molecule has 0 fully saturated rings. The Bertz CT molecular complexity index is 1060. The number of aliphatic hydroxyl groups is 1. The molecule has 1 aromatic heterocycles. The van der Waals surface area contributed by atoms with Crippen LogP contribution in [-0.4, -0.2) is 16.8 Å². The summed E-state index contributed by atoms with van der Waals surface area (Å²) in [5.41, 5.74) is 0.116. The highest BCUT2D eigenvalue weighted by atomic mass is 35.5. The quantitative estimate of drug-likeness (QED) is 0.618. The predicted octanol–water partition coefficient (Wildman–Crippen LogP) is 4.72. The molecule has 6 heteroatoms. The Balaban J connectivity index is 1.67. The Morgan fingerprint density at radius 2 is 1.82 bits per heavy atom.